The first-order valence-electron chi connectivity index (χ1n) is 11.8. The summed E-state index contributed by atoms with van der Waals surface area (Å²) >= 11 is 0. The fourth-order valence-electron chi connectivity index (χ4n) is 4.77. The predicted octanol–water partition coefficient (Wildman–Crippen LogP) is 3.34. The van der Waals surface area contributed by atoms with Crippen molar-refractivity contribution in [3.63, 3.8) is 0 Å². The smallest absolute Gasteiger partial charge is 0.295 e. The van der Waals surface area contributed by atoms with Crippen LogP contribution in [-0.2, 0) is 9.59 Å². The zero-order valence-corrected chi connectivity index (χ0v) is 21.5. The van der Waals surface area contributed by atoms with Crippen LogP contribution in [0, 0.1) is 13.8 Å². The van der Waals surface area contributed by atoms with Crippen LogP contribution in [-0.4, -0.2) is 77.4 Å². The van der Waals surface area contributed by atoms with Crippen molar-refractivity contribution >= 4 is 23.1 Å². The van der Waals surface area contributed by atoms with E-state index in [-0.39, 0.29) is 11.3 Å². The first kappa shape index (κ1) is 25.2. The quantitative estimate of drug-likeness (QED) is 0.293. The monoisotopic (exact) mass is 492 g/mol. The van der Waals surface area contributed by atoms with Crippen LogP contribution in [0.3, 0.4) is 0 Å². The lowest BCUT2D eigenvalue weighted by molar-refractivity contribution is -0.140. The average molecular weight is 493 g/mol. The van der Waals surface area contributed by atoms with Gasteiger partial charge in [0, 0.05) is 18.3 Å². The van der Waals surface area contributed by atoms with Gasteiger partial charge in [-0.15, -0.1) is 0 Å². The number of imidazole rings is 1. The molecular formula is C27H32N4O5. The van der Waals surface area contributed by atoms with Crippen molar-refractivity contribution in [3.05, 3.63) is 64.6 Å². The van der Waals surface area contributed by atoms with Gasteiger partial charge in [-0.2, -0.15) is 0 Å². The molecule has 1 N–H and O–H groups in total. The highest BCUT2D eigenvalue weighted by Crippen LogP contribution is 2.44. The van der Waals surface area contributed by atoms with Gasteiger partial charge in [0.2, 0.25) is 0 Å². The molecule has 2 aromatic heterocycles. The molecule has 0 bridgehead atoms. The molecule has 1 atom stereocenters. The number of likely N-dealkylation sites (tertiary alicyclic amines) is 1. The lowest BCUT2D eigenvalue weighted by Crippen LogP contribution is -2.32. The average Bonchev–Trinajstić information content (AvgIpc) is 3.32. The minimum absolute atomic E-state index is 0.00260. The summed E-state index contributed by atoms with van der Waals surface area (Å²) in [5.41, 5.74) is 3.10. The second kappa shape index (κ2) is 10.0. The van der Waals surface area contributed by atoms with Crippen LogP contribution in [0.25, 0.3) is 11.4 Å². The van der Waals surface area contributed by atoms with Gasteiger partial charge < -0.3 is 24.4 Å². The third-order valence-corrected chi connectivity index (χ3v) is 6.52. The number of rotatable bonds is 8. The summed E-state index contributed by atoms with van der Waals surface area (Å²) < 4.78 is 12.8. The Balaban J connectivity index is 1.96. The van der Waals surface area contributed by atoms with Crippen molar-refractivity contribution in [2.75, 3.05) is 41.4 Å². The SMILES string of the molecule is COc1ccc(OC)c([C@H]2/C(=C(\O)c3c(C)nc4c(C)cccn34)C(=O)C(=O)N2CCCN(C)C)c1. The van der Waals surface area contributed by atoms with Crippen LogP contribution < -0.4 is 9.47 Å². The third-order valence-electron chi connectivity index (χ3n) is 6.52. The molecule has 36 heavy (non-hydrogen) atoms. The summed E-state index contributed by atoms with van der Waals surface area (Å²) in [7, 11) is 6.98. The summed E-state index contributed by atoms with van der Waals surface area (Å²) in [6.07, 6.45) is 2.43. The predicted molar refractivity (Wildman–Crippen MR) is 136 cm³/mol. The van der Waals surface area contributed by atoms with Crippen molar-refractivity contribution in [1.82, 2.24) is 19.2 Å². The lowest BCUT2D eigenvalue weighted by Gasteiger charge is -2.27. The number of aliphatic hydroxyl groups is 1. The molecule has 1 aliphatic rings. The first-order chi connectivity index (χ1) is 17.2. The van der Waals surface area contributed by atoms with Crippen molar-refractivity contribution in [1.29, 1.82) is 0 Å². The maximum absolute atomic E-state index is 13.5. The van der Waals surface area contributed by atoms with E-state index in [4.69, 9.17) is 9.47 Å². The van der Waals surface area contributed by atoms with Crippen LogP contribution in [0.2, 0.25) is 0 Å². The van der Waals surface area contributed by atoms with Crippen molar-refractivity contribution < 1.29 is 24.2 Å². The van der Waals surface area contributed by atoms with Crippen molar-refractivity contribution in [3.8, 4) is 11.5 Å². The van der Waals surface area contributed by atoms with Crippen molar-refractivity contribution in [2.45, 2.75) is 26.3 Å². The molecule has 3 heterocycles. The molecular weight excluding hydrogens is 460 g/mol. The molecule has 3 aromatic rings. The maximum atomic E-state index is 13.5. The summed E-state index contributed by atoms with van der Waals surface area (Å²) in [5.74, 6) is -0.640. The minimum atomic E-state index is -0.855. The fraction of sp³-hybridized carbons (Fsp3) is 0.370. The standard InChI is InChI=1S/C27H32N4O5/c1-16-9-7-13-30-22(17(2)28-26(16)30)24(32)21-23(19-15-18(35-5)10-11-20(19)36-6)31(27(34)25(21)33)14-8-12-29(3)4/h7,9-11,13,15,23,32H,8,12,14H2,1-6H3/b24-21+/t23-/m0/s1. The number of carbonyl (C=O) groups excluding carboxylic acids is 2. The Bertz CT molecular complexity index is 1360. The largest absolute Gasteiger partial charge is 0.505 e. The number of carbonyl (C=O) groups is 2. The van der Waals surface area contributed by atoms with Gasteiger partial charge in [0.05, 0.1) is 31.5 Å². The number of ketones is 1. The van der Waals surface area contributed by atoms with E-state index < -0.39 is 17.7 Å². The van der Waals surface area contributed by atoms with Crippen LogP contribution in [0.5, 0.6) is 11.5 Å². The molecule has 0 spiro atoms. The van der Waals surface area contributed by atoms with Crippen LogP contribution in [0.1, 0.15) is 35.0 Å². The van der Waals surface area contributed by atoms with E-state index in [1.807, 2.05) is 38.1 Å². The Hall–Kier alpha value is -3.85. The Kier molecular flexibility index (Phi) is 7.03. The first-order valence-corrected chi connectivity index (χ1v) is 11.8. The Labute approximate surface area is 210 Å². The number of pyridine rings is 1. The molecule has 9 nitrogen and oxygen atoms in total. The van der Waals surface area contributed by atoms with Gasteiger partial charge in [-0.05, 0) is 70.7 Å². The molecule has 1 aromatic carbocycles. The number of amides is 1. The molecule has 190 valence electrons. The highest BCUT2D eigenvalue weighted by atomic mass is 16.5. The normalized spacial score (nSPS) is 17.4. The van der Waals surface area contributed by atoms with Gasteiger partial charge >= 0.3 is 0 Å². The number of fused-ring (bicyclic) bond motifs is 1. The van der Waals surface area contributed by atoms with Crippen LogP contribution in [0.15, 0.2) is 42.1 Å². The van der Waals surface area contributed by atoms with Crippen LogP contribution >= 0.6 is 0 Å². The zero-order chi connectivity index (χ0) is 26.1. The van der Waals surface area contributed by atoms with E-state index in [0.717, 1.165) is 12.1 Å². The van der Waals surface area contributed by atoms with Gasteiger partial charge in [-0.3, -0.25) is 14.0 Å². The van der Waals surface area contributed by atoms with Gasteiger partial charge in [0.25, 0.3) is 11.7 Å². The Morgan fingerprint density at radius 1 is 1.14 bits per heavy atom. The van der Waals surface area contributed by atoms with E-state index in [2.05, 4.69) is 4.98 Å². The summed E-state index contributed by atoms with van der Waals surface area (Å²) in [5, 5.41) is 11.7. The third kappa shape index (κ3) is 4.30. The number of aliphatic hydroxyl groups excluding tert-OH is 1. The molecule has 0 saturated carbocycles. The number of Topliss-reactive ketones (excluding diaryl/α,β-unsaturated/α-hetero) is 1. The Morgan fingerprint density at radius 3 is 2.56 bits per heavy atom. The summed E-state index contributed by atoms with van der Waals surface area (Å²) in [6, 6.07) is 8.15. The fourth-order valence-corrected chi connectivity index (χ4v) is 4.77. The molecule has 1 amide bonds. The molecule has 1 aliphatic heterocycles. The van der Waals surface area contributed by atoms with E-state index in [0.29, 0.717) is 47.1 Å². The highest BCUT2D eigenvalue weighted by molar-refractivity contribution is 6.46. The van der Waals surface area contributed by atoms with E-state index >= 15 is 0 Å². The van der Waals surface area contributed by atoms with Gasteiger partial charge in [-0.1, -0.05) is 6.07 Å². The van der Waals surface area contributed by atoms with Crippen LogP contribution in [0.4, 0.5) is 0 Å². The molecule has 0 aliphatic carbocycles. The number of benzene rings is 1. The number of methoxy groups -OCH3 is 2. The highest BCUT2D eigenvalue weighted by Gasteiger charge is 2.47. The van der Waals surface area contributed by atoms with Gasteiger partial charge in [0.15, 0.2) is 5.76 Å². The van der Waals surface area contributed by atoms with Gasteiger partial charge in [-0.25, -0.2) is 4.98 Å². The molecule has 0 radical (unpaired) electrons. The number of nitrogens with zero attached hydrogens (tertiary/aromatic N) is 4. The minimum Gasteiger partial charge on any atom is -0.505 e. The van der Waals surface area contributed by atoms with E-state index in [1.54, 1.807) is 42.8 Å². The molecule has 4 rings (SSSR count). The number of aryl methyl sites for hydroxylation is 2. The summed E-state index contributed by atoms with van der Waals surface area (Å²) in [4.78, 5) is 34.9. The number of hydrogen-bond donors (Lipinski definition) is 1. The molecule has 1 fully saturated rings. The lowest BCUT2D eigenvalue weighted by atomic mass is 9.95. The molecule has 9 heteroatoms. The second-order valence-corrected chi connectivity index (χ2v) is 9.19. The van der Waals surface area contributed by atoms with Gasteiger partial charge in [0.1, 0.15) is 22.8 Å². The van der Waals surface area contributed by atoms with E-state index in [9.17, 15) is 14.7 Å². The maximum Gasteiger partial charge on any atom is 0.295 e. The Morgan fingerprint density at radius 2 is 1.89 bits per heavy atom. The van der Waals surface area contributed by atoms with E-state index in [1.165, 1.54) is 12.0 Å². The number of ether oxygens (including phenoxy) is 2. The number of hydrogen-bond acceptors (Lipinski definition) is 7. The van der Waals surface area contributed by atoms with Crippen molar-refractivity contribution in [2.24, 2.45) is 0 Å². The molecule has 1 saturated heterocycles. The zero-order valence-electron chi connectivity index (χ0n) is 21.5. The summed E-state index contributed by atoms with van der Waals surface area (Å²) in [6.45, 7) is 4.76. The molecule has 0 unspecified atom stereocenters. The topological polar surface area (TPSA) is 96.6 Å². The second-order valence-electron chi connectivity index (χ2n) is 9.19. The number of aromatic nitrogens is 2.